The Kier molecular flexibility index (Phi) is 13.8. The Hall–Kier alpha value is 0.0595. The van der Waals surface area contributed by atoms with Crippen LogP contribution in [0.25, 0.3) is 0 Å². The van der Waals surface area contributed by atoms with Crippen LogP contribution in [0.3, 0.4) is 0 Å². The van der Waals surface area contributed by atoms with Gasteiger partial charge in [-0.15, -0.1) is 0 Å². The molecule has 54 valence electrons. The Bertz CT molecular complexity index is 106. The zero-order valence-electron chi connectivity index (χ0n) is 3.41. The molecular weight excluding hydrogens is 188 g/mol. The minimum absolute atomic E-state index is 0. The van der Waals surface area contributed by atoms with Crippen molar-refractivity contribution in [2.24, 2.45) is 0 Å². The van der Waals surface area contributed by atoms with Crippen molar-refractivity contribution in [3.05, 3.63) is 0 Å². The van der Waals surface area contributed by atoms with E-state index in [9.17, 15) is 0 Å². The molecule has 0 aliphatic rings. The third-order valence-electron chi connectivity index (χ3n) is 0. The van der Waals surface area contributed by atoms with Crippen molar-refractivity contribution in [1.29, 1.82) is 0 Å². The maximum absolute atomic E-state index is 8.74. The number of rotatable bonds is 0. The molecule has 0 spiro atoms. The molecule has 0 aromatic rings. The van der Waals surface area contributed by atoms with E-state index in [-0.39, 0.29) is 17.1 Å². The van der Waals surface area contributed by atoms with Crippen LogP contribution in [-0.2, 0) is 32.3 Å². The van der Waals surface area contributed by atoms with Gasteiger partial charge in [-0.1, -0.05) is 0 Å². The van der Waals surface area contributed by atoms with Crippen molar-refractivity contribution < 1.29 is 39.4 Å². The monoisotopic (exact) mass is 190 g/mol. The number of hydrogen-bond acceptors (Lipinski definition) is 3. The molecule has 0 rings (SSSR count). The molecule has 0 radical (unpaired) electrons. The Morgan fingerprint density at radius 3 is 1.12 bits per heavy atom. The van der Waals surface area contributed by atoms with Crippen molar-refractivity contribution in [2.75, 3.05) is 0 Å². The zero-order valence-corrected chi connectivity index (χ0v) is 5.16. The summed E-state index contributed by atoms with van der Waals surface area (Å²) in [4.78, 5) is 7.75. The maximum Gasteiger partial charge on any atom is 1.00 e. The van der Waals surface area contributed by atoms with Crippen molar-refractivity contribution in [3.8, 4) is 0 Å². The second-order valence-corrected chi connectivity index (χ2v) is 1.34. The largest absolute Gasteiger partial charge is 1.00 e. The average Bonchev–Trinajstić information content (AvgIpc) is 1.36. The SMILES string of the molecule is O=S(=O)(O)O.[CH-]=O.[Cu+]. The summed E-state index contributed by atoms with van der Waals surface area (Å²) < 4.78 is 31.6. The van der Waals surface area contributed by atoms with Crippen LogP contribution in [0.4, 0.5) is 0 Å². The summed E-state index contributed by atoms with van der Waals surface area (Å²) in [5.74, 6) is 0. The predicted molar refractivity (Wildman–Crippen MR) is 20.9 cm³/mol. The van der Waals surface area contributed by atoms with Crippen LogP contribution < -0.4 is 0 Å². The second kappa shape index (κ2) is 7.06. The van der Waals surface area contributed by atoms with E-state index in [0.717, 1.165) is 0 Å². The van der Waals surface area contributed by atoms with Crippen LogP contribution in [0.15, 0.2) is 0 Å². The molecule has 0 heterocycles. The third kappa shape index (κ3) is 43800. The normalized spacial score (nSPS) is 7.75. The summed E-state index contributed by atoms with van der Waals surface area (Å²) in [6.07, 6.45) is 0. The summed E-state index contributed by atoms with van der Waals surface area (Å²) in [5, 5.41) is 0. The maximum atomic E-state index is 8.74. The summed E-state index contributed by atoms with van der Waals surface area (Å²) in [7, 11) is -4.67. The summed E-state index contributed by atoms with van der Waals surface area (Å²) >= 11 is 0. The van der Waals surface area contributed by atoms with E-state index < -0.39 is 10.4 Å². The van der Waals surface area contributed by atoms with Crippen LogP contribution in [0.5, 0.6) is 0 Å². The zero-order chi connectivity index (χ0) is 6.50. The van der Waals surface area contributed by atoms with Crippen molar-refractivity contribution in [1.82, 2.24) is 0 Å². The fraction of sp³-hybridized carbons (Fsp3) is 0. The van der Waals surface area contributed by atoms with Gasteiger partial charge in [-0.25, -0.2) is 0 Å². The molecule has 0 aromatic heterocycles. The van der Waals surface area contributed by atoms with Gasteiger partial charge >= 0.3 is 27.5 Å². The summed E-state index contributed by atoms with van der Waals surface area (Å²) in [6.45, 7) is 3.25. The first-order valence-electron chi connectivity index (χ1n) is 0.934. The van der Waals surface area contributed by atoms with E-state index in [1.807, 2.05) is 0 Å². The van der Waals surface area contributed by atoms with Gasteiger partial charge in [-0.2, -0.15) is 8.42 Å². The molecule has 0 bridgehead atoms. The van der Waals surface area contributed by atoms with Crippen molar-refractivity contribution in [2.45, 2.75) is 0 Å². The van der Waals surface area contributed by atoms with Gasteiger partial charge < -0.3 is 4.79 Å². The first kappa shape index (κ1) is 15.7. The van der Waals surface area contributed by atoms with Crippen LogP contribution >= 0.6 is 0 Å². The van der Waals surface area contributed by atoms with E-state index in [4.69, 9.17) is 22.3 Å². The van der Waals surface area contributed by atoms with E-state index in [2.05, 4.69) is 6.79 Å². The molecule has 8 heavy (non-hydrogen) atoms. The van der Waals surface area contributed by atoms with Gasteiger partial charge in [0, 0.05) is 0 Å². The summed E-state index contributed by atoms with van der Waals surface area (Å²) in [6, 6.07) is 0. The Morgan fingerprint density at radius 1 is 1.12 bits per heavy atom. The minimum Gasteiger partial charge on any atom is -0.545 e. The van der Waals surface area contributed by atoms with E-state index in [1.165, 1.54) is 0 Å². The predicted octanol–water partition coefficient (Wildman–Crippen LogP) is -0.929. The summed E-state index contributed by atoms with van der Waals surface area (Å²) in [5.41, 5.74) is 0. The molecule has 7 heteroatoms. The van der Waals surface area contributed by atoms with Crippen LogP contribution in [0, 0.1) is 0 Å². The topological polar surface area (TPSA) is 91.7 Å². The fourth-order valence-electron chi connectivity index (χ4n) is 0. The molecule has 0 atom stereocenters. The van der Waals surface area contributed by atoms with E-state index in [0.29, 0.717) is 0 Å². The molecule has 0 aromatic carbocycles. The second-order valence-electron chi connectivity index (χ2n) is 0.448. The van der Waals surface area contributed by atoms with Gasteiger partial charge in [0.25, 0.3) is 0 Å². The van der Waals surface area contributed by atoms with Gasteiger partial charge in [0.05, 0.1) is 0 Å². The standard InChI is InChI=1S/CHO.Cu.H2O4S/c1-2;;1-5(2,3)4/h1H;;(H2,1,2,3,4)/q-1;+1;. The Labute approximate surface area is 57.1 Å². The molecule has 0 saturated heterocycles. The molecule has 0 aliphatic carbocycles. The molecule has 0 fully saturated rings. The molecule has 0 unspecified atom stereocenters. The molecular formula is CH3CuO5S. The van der Waals surface area contributed by atoms with Crippen molar-refractivity contribution >= 4 is 17.2 Å². The fourth-order valence-corrected chi connectivity index (χ4v) is 0. The van der Waals surface area contributed by atoms with Gasteiger partial charge in [0.2, 0.25) is 0 Å². The van der Waals surface area contributed by atoms with Gasteiger partial charge in [-0.05, 0) is 0 Å². The molecule has 5 nitrogen and oxygen atoms in total. The smallest absolute Gasteiger partial charge is 0.545 e. The van der Waals surface area contributed by atoms with Gasteiger partial charge in [0.15, 0.2) is 0 Å². The van der Waals surface area contributed by atoms with E-state index >= 15 is 0 Å². The van der Waals surface area contributed by atoms with Crippen LogP contribution in [0.2, 0.25) is 0 Å². The average molecular weight is 191 g/mol. The number of hydrogen-bond donors (Lipinski definition) is 2. The van der Waals surface area contributed by atoms with Crippen LogP contribution in [-0.4, -0.2) is 24.3 Å². The molecule has 0 saturated carbocycles. The molecule has 2 N–H and O–H groups in total. The third-order valence-corrected chi connectivity index (χ3v) is 0. The van der Waals surface area contributed by atoms with Gasteiger partial charge in [-0.3, -0.25) is 15.9 Å². The van der Waals surface area contributed by atoms with Gasteiger partial charge in [0.1, 0.15) is 0 Å². The van der Waals surface area contributed by atoms with Crippen molar-refractivity contribution in [3.63, 3.8) is 0 Å². The first-order valence-corrected chi connectivity index (χ1v) is 2.33. The van der Waals surface area contributed by atoms with E-state index in [1.54, 1.807) is 0 Å². The van der Waals surface area contributed by atoms with Crippen LogP contribution in [0.1, 0.15) is 0 Å². The molecule has 0 amide bonds. The number of carbonyl (C=O) groups excluding carboxylic acids is 1. The first-order chi connectivity index (χ1) is 3.00. The Morgan fingerprint density at radius 2 is 1.12 bits per heavy atom. The quantitative estimate of drug-likeness (QED) is 0.223. The molecule has 0 aliphatic heterocycles. The Balaban J connectivity index is -0.0000000750. The minimum atomic E-state index is -4.67.